The number of aromatic amines is 1. The van der Waals surface area contributed by atoms with Gasteiger partial charge in [0.25, 0.3) is 5.56 Å². The molecular formula is C16H23N5O. The number of rotatable bonds is 2. The number of fused-ring (bicyclic) bond motifs is 1. The van der Waals surface area contributed by atoms with Gasteiger partial charge in [-0.25, -0.2) is 4.98 Å². The lowest BCUT2D eigenvalue weighted by Gasteiger charge is -2.28. The van der Waals surface area contributed by atoms with Crippen molar-refractivity contribution in [3.05, 3.63) is 45.4 Å². The van der Waals surface area contributed by atoms with Crippen LogP contribution in [0.25, 0.3) is 0 Å². The fourth-order valence-electron chi connectivity index (χ4n) is 2.76. The van der Waals surface area contributed by atoms with Crippen LogP contribution < -0.4 is 5.56 Å². The lowest BCUT2D eigenvalue weighted by atomic mass is 9.95. The highest BCUT2D eigenvalue weighted by Gasteiger charge is 2.25. The van der Waals surface area contributed by atoms with Crippen LogP contribution in [0, 0.1) is 0 Å². The zero-order chi connectivity index (χ0) is 15.9. The third-order valence-electron chi connectivity index (χ3n) is 4.17. The molecule has 2 aromatic heterocycles. The molecule has 118 valence electrons. The first-order valence-corrected chi connectivity index (χ1v) is 7.66. The minimum absolute atomic E-state index is 0.00429. The number of nitrogens with zero attached hydrogens (tertiary/aromatic N) is 4. The van der Waals surface area contributed by atoms with Crippen molar-refractivity contribution >= 4 is 0 Å². The predicted octanol–water partition coefficient (Wildman–Crippen LogP) is 1.36. The van der Waals surface area contributed by atoms with Crippen LogP contribution in [-0.2, 0) is 32.0 Å². The van der Waals surface area contributed by atoms with Crippen LogP contribution in [0.1, 0.15) is 43.5 Å². The molecule has 0 saturated carbocycles. The quantitative estimate of drug-likeness (QED) is 0.909. The second kappa shape index (κ2) is 5.35. The van der Waals surface area contributed by atoms with Gasteiger partial charge in [0.15, 0.2) is 0 Å². The minimum atomic E-state index is -0.139. The predicted molar refractivity (Wildman–Crippen MR) is 84.6 cm³/mol. The SMILES string of the molecule is Cn1nccc1CN1CCc2nc(C(C)(C)C)[nH]c(=O)c2C1. The van der Waals surface area contributed by atoms with Crippen molar-refractivity contribution in [2.24, 2.45) is 7.05 Å². The molecule has 0 unspecified atom stereocenters. The molecule has 6 heteroatoms. The summed E-state index contributed by atoms with van der Waals surface area (Å²) in [5.41, 5.74) is 2.78. The maximum atomic E-state index is 12.4. The van der Waals surface area contributed by atoms with Gasteiger partial charge in [0.2, 0.25) is 0 Å². The maximum Gasteiger partial charge on any atom is 0.255 e. The Morgan fingerprint density at radius 3 is 2.77 bits per heavy atom. The summed E-state index contributed by atoms with van der Waals surface area (Å²) in [4.78, 5) is 22.3. The Kier molecular flexibility index (Phi) is 3.64. The van der Waals surface area contributed by atoms with Crippen LogP contribution in [-0.4, -0.2) is 31.2 Å². The van der Waals surface area contributed by atoms with Gasteiger partial charge in [0, 0.05) is 44.7 Å². The average Bonchev–Trinajstić information content (AvgIpc) is 2.84. The van der Waals surface area contributed by atoms with Gasteiger partial charge < -0.3 is 4.98 Å². The Morgan fingerprint density at radius 2 is 2.14 bits per heavy atom. The highest BCUT2D eigenvalue weighted by molar-refractivity contribution is 5.22. The summed E-state index contributed by atoms with van der Waals surface area (Å²) >= 11 is 0. The minimum Gasteiger partial charge on any atom is -0.310 e. The molecule has 0 atom stereocenters. The first-order chi connectivity index (χ1) is 10.3. The largest absolute Gasteiger partial charge is 0.310 e. The number of nitrogens with one attached hydrogen (secondary N) is 1. The van der Waals surface area contributed by atoms with Gasteiger partial charge in [-0.15, -0.1) is 0 Å². The van der Waals surface area contributed by atoms with E-state index >= 15 is 0 Å². The molecule has 0 spiro atoms. The molecule has 0 fully saturated rings. The Labute approximate surface area is 130 Å². The van der Waals surface area contributed by atoms with Gasteiger partial charge in [-0.3, -0.25) is 14.4 Å². The highest BCUT2D eigenvalue weighted by atomic mass is 16.1. The van der Waals surface area contributed by atoms with E-state index in [2.05, 4.69) is 35.8 Å². The van der Waals surface area contributed by atoms with Crippen molar-refractivity contribution < 1.29 is 0 Å². The van der Waals surface area contributed by atoms with E-state index in [0.717, 1.165) is 42.3 Å². The first-order valence-electron chi connectivity index (χ1n) is 7.66. The summed E-state index contributed by atoms with van der Waals surface area (Å²) in [5.74, 6) is 0.774. The highest BCUT2D eigenvalue weighted by Crippen LogP contribution is 2.21. The summed E-state index contributed by atoms with van der Waals surface area (Å²) in [6.07, 6.45) is 2.62. The van der Waals surface area contributed by atoms with Crippen LogP contribution in [0.2, 0.25) is 0 Å². The third-order valence-corrected chi connectivity index (χ3v) is 4.17. The molecule has 1 aliphatic heterocycles. The summed E-state index contributed by atoms with van der Waals surface area (Å²) in [5, 5.41) is 4.19. The fraction of sp³-hybridized carbons (Fsp3) is 0.562. The van der Waals surface area contributed by atoms with E-state index < -0.39 is 0 Å². The summed E-state index contributed by atoms with van der Waals surface area (Å²) in [6, 6.07) is 2.01. The molecule has 0 amide bonds. The van der Waals surface area contributed by atoms with Crippen LogP contribution in [0.3, 0.4) is 0 Å². The number of H-pyrrole nitrogens is 1. The van der Waals surface area contributed by atoms with Crippen LogP contribution in [0.15, 0.2) is 17.1 Å². The van der Waals surface area contributed by atoms with Gasteiger partial charge >= 0.3 is 0 Å². The molecule has 6 nitrogen and oxygen atoms in total. The van der Waals surface area contributed by atoms with Gasteiger partial charge in [-0.1, -0.05) is 20.8 Å². The van der Waals surface area contributed by atoms with Crippen molar-refractivity contribution in [3.63, 3.8) is 0 Å². The van der Waals surface area contributed by atoms with Crippen LogP contribution in [0.5, 0.6) is 0 Å². The van der Waals surface area contributed by atoms with E-state index in [0.29, 0.717) is 6.54 Å². The monoisotopic (exact) mass is 301 g/mol. The van der Waals surface area contributed by atoms with Crippen molar-refractivity contribution in [2.45, 2.75) is 45.7 Å². The van der Waals surface area contributed by atoms with Gasteiger partial charge in [-0.2, -0.15) is 5.10 Å². The smallest absolute Gasteiger partial charge is 0.255 e. The summed E-state index contributed by atoms with van der Waals surface area (Å²) in [7, 11) is 1.94. The Balaban J connectivity index is 1.85. The molecule has 2 aromatic rings. The van der Waals surface area contributed by atoms with E-state index in [-0.39, 0.29) is 11.0 Å². The number of hydrogen-bond acceptors (Lipinski definition) is 4. The number of aryl methyl sites for hydroxylation is 1. The van der Waals surface area contributed by atoms with Gasteiger partial charge in [0.05, 0.1) is 17.0 Å². The number of aromatic nitrogens is 4. The molecule has 1 N–H and O–H groups in total. The van der Waals surface area contributed by atoms with E-state index in [4.69, 9.17) is 4.98 Å². The van der Waals surface area contributed by atoms with Gasteiger partial charge in [-0.05, 0) is 6.07 Å². The zero-order valence-corrected chi connectivity index (χ0v) is 13.7. The molecule has 0 aliphatic carbocycles. The summed E-state index contributed by atoms with van der Waals surface area (Å²) in [6.45, 7) is 8.56. The van der Waals surface area contributed by atoms with Crippen molar-refractivity contribution in [1.29, 1.82) is 0 Å². The van der Waals surface area contributed by atoms with E-state index in [1.807, 2.05) is 17.8 Å². The molecule has 22 heavy (non-hydrogen) atoms. The average molecular weight is 301 g/mol. The van der Waals surface area contributed by atoms with Crippen LogP contribution in [0.4, 0.5) is 0 Å². The second-order valence-electron chi connectivity index (χ2n) is 7.00. The van der Waals surface area contributed by atoms with E-state index in [9.17, 15) is 4.79 Å². The van der Waals surface area contributed by atoms with Crippen molar-refractivity contribution in [3.8, 4) is 0 Å². The molecule has 0 bridgehead atoms. The molecule has 0 aromatic carbocycles. The zero-order valence-electron chi connectivity index (χ0n) is 13.7. The summed E-state index contributed by atoms with van der Waals surface area (Å²) < 4.78 is 1.88. The molecule has 3 rings (SSSR count). The Hall–Kier alpha value is -1.95. The normalized spacial score (nSPS) is 15.8. The van der Waals surface area contributed by atoms with Crippen molar-refractivity contribution in [1.82, 2.24) is 24.6 Å². The molecular weight excluding hydrogens is 278 g/mol. The van der Waals surface area contributed by atoms with Crippen molar-refractivity contribution in [2.75, 3.05) is 6.54 Å². The van der Waals surface area contributed by atoms with E-state index in [1.54, 1.807) is 6.20 Å². The van der Waals surface area contributed by atoms with E-state index in [1.165, 1.54) is 0 Å². The topological polar surface area (TPSA) is 66.8 Å². The molecule has 3 heterocycles. The maximum absolute atomic E-state index is 12.4. The van der Waals surface area contributed by atoms with Gasteiger partial charge in [0.1, 0.15) is 5.82 Å². The molecule has 0 saturated heterocycles. The lowest BCUT2D eigenvalue weighted by Crippen LogP contribution is -2.37. The molecule has 1 aliphatic rings. The Bertz CT molecular complexity index is 738. The Morgan fingerprint density at radius 1 is 1.36 bits per heavy atom. The standard InChI is InChI=1S/C16H23N5O/c1-16(2,3)15-18-13-6-8-21(10-12(13)14(22)19-15)9-11-5-7-17-20(11)4/h5,7H,6,8-10H2,1-4H3,(H,18,19,22). The lowest BCUT2D eigenvalue weighted by molar-refractivity contribution is 0.235. The number of hydrogen-bond donors (Lipinski definition) is 1. The fourth-order valence-corrected chi connectivity index (χ4v) is 2.76. The first kappa shape index (κ1) is 15.0. The second-order valence-corrected chi connectivity index (χ2v) is 7.00. The molecule has 0 radical (unpaired) electrons. The van der Waals surface area contributed by atoms with Crippen LogP contribution >= 0.6 is 0 Å². The third kappa shape index (κ3) is 2.83.